The maximum atomic E-state index is 11.5. The first-order valence-electron chi connectivity index (χ1n) is 11.3. The van der Waals surface area contributed by atoms with Crippen LogP contribution in [0.4, 0.5) is 9.59 Å². The number of carboxylic acids is 1. The minimum atomic E-state index is -1.09. The summed E-state index contributed by atoms with van der Waals surface area (Å²) in [5.41, 5.74) is -0.390. The Morgan fingerprint density at radius 3 is 1.88 bits per heavy atom. The van der Waals surface area contributed by atoms with Crippen LogP contribution in [-0.2, 0) is 33.2 Å². The molecule has 1 atom stereocenters. The number of carbonyl (C=O) groups excluding carboxylic acids is 2. The zero-order chi connectivity index (χ0) is 26.2. The molecule has 0 bridgehead atoms. The molecule has 12 heteroatoms. The van der Waals surface area contributed by atoms with Crippen molar-refractivity contribution in [3.05, 3.63) is 0 Å². The summed E-state index contributed by atoms with van der Waals surface area (Å²) in [5.74, 6) is -1.09. The lowest BCUT2D eigenvalue weighted by Gasteiger charge is -2.19. The van der Waals surface area contributed by atoms with Crippen molar-refractivity contribution >= 4 is 18.2 Å². The van der Waals surface area contributed by atoms with Crippen LogP contribution in [0.15, 0.2) is 0 Å². The topological polar surface area (TPSA) is 151 Å². The molecular formula is C22H44N2O10. The van der Waals surface area contributed by atoms with Crippen molar-refractivity contribution in [1.29, 1.82) is 0 Å². The Labute approximate surface area is 202 Å². The van der Waals surface area contributed by atoms with Crippen LogP contribution in [0.25, 0.3) is 0 Å². The highest BCUT2D eigenvalue weighted by molar-refractivity contribution is 5.79. The zero-order valence-electron chi connectivity index (χ0n) is 21.5. The molecule has 0 aliphatic heterocycles. The molecule has 0 aliphatic carbocycles. The first-order chi connectivity index (χ1) is 16.1. The molecule has 0 aromatic rings. The van der Waals surface area contributed by atoms with E-state index < -0.39 is 18.1 Å². The first kappa shape index (κ1) is 34.0. The summed E-state index contributed by atoms with van der Waals surface area (Å²) in [6.45, 7) is 10.7. The molecule has 202 valence electrons. The van der Waals surface area contributed by atoms with Crippen LogP contribution < -0.4 is 10.6 Å². The third kappa shape index (κ3) is 26.1. The van der Waals surface area contributed by atoms with Crippen LogP contribution in [-0.4, -0.2) is 102 Å². The van der Waals surface area contributed by atoms with Gasteiger partial charge in [-0.1, -0.05) is 0 Å². The highest BCUT2D eigenvalue weighted by atomic mass is 16.6. The van der Waals surface area contributed by atoms with Crippen molar-refractivity contribution in [1.82, 2.24) is 10.6 Å². The third-order valence-electron chi connectivity index (χ3n) is 3.67. The summed E-state index contributed by atoms with van der Waals surface area (Å²) >= 11 is 0. The highest BCUT2D eigenvalue weighted by Gasteiger charge is 2.20. The predicted molar refractivity (Wildman–Crippen MR) is 125 cm³/mol. The van der Waals surface area contributed by atoms with Crippen molar-refractivity contribution in [2.45, 2.75) is 58.6 Å². The SMILES string of the molecule is CCNC(=O)OC(C)(C)C.COCCOCCCCC(NC(=O)OCCOCCOC)C(=O)O. The second-order valence-electron chi connectivity index (χ2n) is 7.91. The van der Waals surface area contributed by atoms with Gasteiger partial charge in [-0.05, 0) is 47.0 Å². The average Bonchev–Trinajstić information content (AvgIpc) is 2.74. The van der Waals surface area contributed by atoms with Crippen LogP contribution in [0.2, 0.25) is 0 Å². The van der Waals surface area contributed by atoms with Gasteiger partial charge in [-0.15, -0.1) is 0 Å². The van der Waals surface area contributed by atoms with Gasteiger partial charge in [0.15, 0.2) is 0 Å². The maximum Gasteiger partial charge on any atom is 0.407 e. The molecule has 3 N–H and O–H groups in total. The van der Waals surface area contributed by atoms with Crippen molar-refractivity contribution in [2.75, 3.05) is 67.0 Å². The van der Waals surface area contributed by atoms with E-state index in [2.05, 4.69) is 10.6 Å². The van der Waals surface area contributed by atoms with Crippen LogP contribution in [0, 0.1) is 0 Å². The highest BCUT2D eigenvalue weighted by Crippen LogP contribution is 2.06. The lowest BCUT2D eigenvalue weighted by molar-refractivity contribution is -0.139. The summed E-state index contributed by atoms with van der Waals surface area (Å²) in [4.78, 5) is 33.4. The fraction of sp³-hybridized carbons (Fsp3) is 0.864. The average molecular weight is 497 g/mol. The summed E-state index contributed by atoms with van der Waals surface area (Å²) < 4.78 is 29.8. The lowest BCUT2D eigenvalue weighted by Crippen LogP contribution is -2.41. The second-order valence-corrected chi connectivity index (χ2v) is 7.91. The number of carbonyl (C=O) groups is 3. The van der Waals surface area contributed by atoms with Crippen molar-refractivity contribution < 1.29 is 47.9 Å². The number of amides is 2. The summed E-state index contributed by atoms with van der Waals surface area (Å²) in [6, 6.07) is -0.981. The van der Waals surface area contributed by atoms with E-state index in [-0.39, 0.29) is 24.9 Å². The first-order valence-corrected chi connectivity index (χ1v) is 11.3. The van der Waals surface area contributed by atoms with Crippen LogP contribution in [0.5, 0.6) is 0 Å². The number of nitrogens with one attached hydrogen (secondary N) is 2. The molecule has 0 aliphatic rings. The van der Waals surface area contributed by atoms with E-state index >= 15 is 0 Å². The minimum Gasteiger partial charge on any atom is -0.480 e. The molecule has 0 aromatic heterocycles. The molecule has 0 aromatic carbocycles. The van der Waals surface area contributed by atoms with Crippen LogP contribution in [0.1, 0.15) is 47.0 Å². The molecule has 12 nitrogen and oxygen atoms in total. The number of ether oxygens (including phenoxy) is 6. The standard InChI is InChI=1S/C15H29NO8.C7H15NO2/c1-20-7-9-22-6-4-3-5-13(14(17)18)16-15(19)24-12-11-23-10-8-21-2;1-5-8-6(9)10-7(2,3)4/h13H,3-12H2,1-2H3,(H,16,19)(H,17,18);5H2,1-4H3,(H,8,9). The van der Waals surface area contributed by atoms with Crippen LogP contribution in [0.3, 0.4) is 0 Å². The van der Waals surface area contributed by atoms with Gasteiger partial charge in [0.25, 0.3) is 0 Å². The summed E-state index contributed by atoms with van der Waals surface area (Å²) in [6.07, 6.45) is 0.508. The second kappa shape index (κ2) is 22.6. The molecule has 2 amide bonds. The van der Waals surface area contributed by atoms with Gasteiger partial charge in [-0.25, -0.2) is 14.4 Å². The smallest absolute Gasteiger partial charge is 0.407 e. The van der Waals surface area contributed by atoms with Gasteiger partial charge < -0.3 is 44.2 Å². The molecule has 0 saturated heterocycles. The Morgan fingerprint density at radius 2 is 1.38 bits per heavy atom. The molecule has 34 heavy (non-hydrogen) atoms. The van der Waals surface area contributed by atoms with E-state index in [9.17, 15) is 14.4 Å². The number of hydrogen-bond donors (Lipinski definition) is 3. The maximum absolute atomic E-state index is 11.5. The van der Waals surface area contributed by atoms with E-state index in [0.717, 1.165) is 0 Å². The van der Waals surface area contributed by atoms with Gasteiger partial charge in [0, 0.05) is 27.4 Å². The number of alkyl carbamates (subject to hydrolysis) is 2. The largest absolute Gasteiger partial charge is 0.480 e. The summed E-state index contributed by atoms with van der Waals surface area (Å²) in [7, 11) is 3.16. The number of methoxy groups -OCH3 is 2. The Hall–Kier alpha value is -2.15. The van der Waals surface area contributed by atoms with E-state index in [1.54, 1.807) is 14.2 Å². The lowest BCUT2D eigenvalue weighted by atomic mass is 10.1. The number of rotatable bonds is 17. The minimum absolute atomic E-state index is 0.0508. The molecule has 0 spiro atoms. The van der Waals surface area contributed by atoms with Gasteiger partial charge >= 0.3 is 18.2 Å². The van der Waals surface area contributed by atoms with E-state index in [1.807, 2.05) is 27.7 Å². The molecule has 0 fully saturated rings. The van der Waals surface area contributed by atoms with Gasteiger partial charge in [0.05, 0.1) is 33.0 Å². The molecule has 0 heterocycles. The van der Waals surface area contributed by atoms with E-state index in [0.29, 0.717) is 58.8 Å². The molecule has 0 saturated carbocycles. The Bertz CT molecular complexity index is 526. The monoisotopic (exact) mass is 496 g/mol. The third-order valence-corrected chi connectivity index (χ3v) is 3.67. The molecule has 0 rings (SSSR count). The quantitative estimate of drug-likeness (QED) is 0.256. The van der Waals surface area contributed by atoms with Crippen molar-refractivity contribution in [2.24, 2.45) is 0 Å². The van der Waals surface area contributed by atoms with Crippen molar-refractivity contribution in [3.8, 4) is 0 Å². The normalized spacial score (nSPS) is 11.6. The molecular weight excluding hydrogens is 452 g/mol. The van der Waals surface area contributed by atoms with Crippen LogP contribution >= 0.6 is 0 Å². The van der Waals surface area contributed by atoms with Gasteiger partial charge in [-0.2, -0.15) is 0 Å². The Morgan fingerprint density at radius 1 is 0.824 bits per heavy atom. The van der Waals surface area contributed by atoms with E-state index in [1.165, 1.54) is 0 Å². The number of hydrogen-bond acceptors (Lipinski definition) is 9. The number of aliphatic carboxylic acids is 1. The fourth-order valence-corrected chi connectivity index (χ4v) is 2.13. The zero-order valence-corrected chi connectivity index (χ0v) is 21.5. The fourth-order valence-electron chi connectivity index (χ4n) is 2.13. The van der Waals surface area contributed by atoms with Gasteiger partial charge in [-0.3, -0.25) is 0 Å². The summed E-state index contributed by atoms with van der Waals surface area (Å²) in [5, 5.41) is 14.0. The van der Waals surface area contributed by atoms with E-state index in [4.69, 9.17) is 33.5 Å². The van der Waals surface area contributed by atoms with Gasteiger partial charge in [0.2, 0.25) is 0 Å². The Kier molecular flexibility index (Phi) is 22.6. The number of carboxylic acid groups (broad SMARTS) is 1. The molecule has 1 unspecified atom stereocenters. The Balaban J connectivity index is 0. The van der Waals surface area contributed by atoms with Crippen molar-refractivity contribution in [3.63, 3.8) is 0 Å². The number of unbranched alkanes of at least 4 members (excludes halogenated alkanes) is 1. The molecule has 0 radical (unpaired) electrons. The van der Waals surface area contributed by atoms with Gasteiger partial charge in [0.1, 0.15) is 18.2 Å². The predicted octanol–water partition coefficient (Wildman–Crippen LogP) is 2.19.